The van der Waals surface area contributed by atoms with Crippen LogP contribution < -0.4 is 5.32 Å². The number of rotatable bonds is 5. The quantitative estimate of drug-likeness (QED) is 0.906. The Balaban J connectivity index is 1.45. The van der Waals surface area contributed by atoms with Gasteiger partial charge in [0, 0.05) is 19.1 Å². The molecule has 2 fully saturated rings. The highest BCUT2D eigenvalue weighted by atomic mass is 19.2. The first-order valence-electron chi connectivity index (χ1n) is 8.07. The third-order valence-electron chi connectivity index (χ3n) is 4.58. The molecule has 1 aliphatic carbocycles. The Labute approximate surface area is 129 Å². The van der Waals surface area contributed by atoms with Crippen LogP contribution in [0.15, 0.2) is 18.2 Å². The zero-order valence-electron chi connectivity index (χ0n) is 12.7. The summed E-state index contributed by atoms with van der Waals surface area (Å²) < 4.78 is 26.1. The predicted octanol–water partition coefficient (Wildman–Crippen LogP) is 2.50. The van der Waals surface area contributed by atoms with Gasteiger partial charge in [-0.25, -0.2) is 8.78 Å². The van der Waals surface area contributed by atoms with Gasteiger partial charge >= 0.3 is 0 Å². The van der Waals surface area contributed by atoms with Gasteiger partial charge in [0.2, 0.25) is 5.91 Å². The SMILES string of the molecule is O=C(Cc1ccc(F)c(F)c1)N1CCC(NCC2CC2)CC1. The van der Waals surface area contributed by atoms with Gasteiger partial charge in [0.1, 0.15) is 0 Å². The number of likely N-dealkylation sites (tertiary alicyclic amines) is 1. The Kier molecular flexibility index (Phi) is 4.71. The van der Waals surface area contributed by atoms with Crippen LogP contribution in [0.2, 0.25) is 0 Å². The Morgan fingerprint density at radius 1 is 1.14 bits per heavy atom. The van der Waals surface area contributed by atoms with Crippen LogP contribution in [-0.2, 0) is 11.2 Å². The summed E-state index contributed by atoms with van der Waals surface area (Å²) >= 11 is 0. The van der Waals surface area contributed by atoms with E-state index in [1.165, 1.54) is 18.9 Å². The van der Waals surface area contributed by atoms with Crippen molar-refractivity contribution in [2.24, 2.45) is 5.92 Å². The molecule has 0 unspecified atom stereocenters. The van der Waals surface area contributed by atoms with Gasteiger partial charge in [-0.1, -0.05) is 6.07 Å². The molecule has 3 nitrogen and oxygen atoms in total. The maximum atomic E-state index is 13.2. The predicted molar refractivity (Wildman–Crippen MR) is 80.4 cm³/mol. The molecular formula is C17H22F2N2O. The van der Waals surface area contributed by atoms with Crippen molar-refractivity contribution in [1.82, 2.24) is 10.2 Å². The van der Waals surface area contributed by atoms with Crippen molar-refractivity contribution in [3.63, 3.8) is 0 Å². The van der Waals surface area contributed by atoms with Crippen LogP contribution in [-0.4, -0.2) is 36.5 Å². The molecule has 0 spiro atoms. The molecular weight excluding hydrogens is 286 g/mol. The minimum atomic E-state index is -0.895. The summed E-state index contributed by atoms with van der Waals surface area (Å²) in [4.78, 5) is 14.1. The van der Waals surface area contributed by atoms with Gasteiger partial charge in [-0.15, -0.1) is 0 Å². The molecule has 3 rings (SSSR count). The second-order valence-corrected chi connectivity index (χ2v) is 6.43. The lowest BCUT2D eigenvalue weighted by atomic mass is 10.0. The van der Waals surface area contributed by atoms with E-state index < -0.39 is 11.6 Å². The number of hydrogen-bond donors (Lipinski definition) is 1. The molecule has 2 aliphatic rings. The molecule has 1 aromatic carbocycles. The Morgan fingerprint density at radius 3 is 2.50 bits per heavy atom. The van der Waals surface area contributed by atoms with E-state index in [2.05, 4.69) is 5.32 Å². The van der Waals surface area contributed by atoms with Gasteiger partial charge in [-0.2, -0.15) is 0 Å². The highest BCUT2D eigenvalue weighted by Crippen LogP contribution is 2.28. The van der Waals surface area contributed by atoms with Crippen molar-refractivity contribution in [3.8, 4) is 0 Å². The van der Waals surface area contributed by atoms with Crippen LogP contribution in [0.1, 0.15) is 31.2 Å². The van der Waals surface area contributed by atoms with Crippen molar-refractivity contribution in [2.45, 2.75) is 38.1 Å². The van der Waals surface area contributed by atoms with E-state index in [4.69, 9.17) is 0 Å². The van der Waals surface area contributed by atoms with Crippen molar-refractivity contribution in [2.75, 3.05) is 19.6 Å². The van der Waals surface area contributed by atoms with Gasteiger partial charge in [-0.05, 0) is 55.8 Å². The highest BCUT2D eigenvalue weighted by Gasteiger charge is 2.26. The van der Waals surface area contributed by atoms with Crippen LogP contribution >= 0.6 is 0 Å². The molecule has 1 amide bonds. The molecule has 1 heterocycles. The summed E-state index contributed by atoms with van der Waals surface area (Å²) in [7, 11) is 0. The van der Waals surface area contributed by atoms with E-state index in [9.17, 15) is 13.6 Å². The van der Waals surface area contributed by atoms with Gasteiger partial charge in [-0.3, -0.25) is 4.79 Å². The maximum Gasteiger partial charge on any atom is 0.226 e. The smallest absolute Gasteiger partial charge is 0.226 e. The first-order chi connectivity index (χ1) is 10.6. The molecule has 22 heavy (non-hydrogen) atoms. The first kappa shape index (κ1) is 15.4. The van der Waals surface area contributed by atoms with Crippen molar-refractivity contribution < 1.29 is 13.6 Å². The highest BCUT2D eigenvalue weighted by molar-refractivity contribution is 5.78. The van der Waals surface area contributed by atoms with E-state index in [-0.39, 0.29) is 12.3 Å². The van der Waals surface area contributed by atoms with Gasteiger partial charge < -0.3 is 10.2 Å². The van der Waals surface area contributed by atoms with E-state index >= 15 is 0 Å². The second kappa shape index (κ2) is 6.73. The van der Waals surface area contributed by atoms with Crippen molar-refractivity contribution in [1.29, 1.82) is 0 Å². The largest absolute Gasteiger partial charge is 0.342 e. The molecule has 1 N–H and O–H groups in total. The van der Waals surface area contributed by atoms with E-state index in [1.54, 1.807) is 0 Å². The Morgan fingerprint density at radius 2 is 1.86 bits per heavy atom. The summed E-state index contributed by atoms with van der Waals surface area (Å²) in [5.74, 6) is -0.910. The minimum Gasteiger partial charge on any atom is -0.342 e. The zero-order valence-corrected chi connectivity index (χ0v) is 12.7. The molecule has 1 saturated carbocycles. The topological polar surface area (TPSA) is 32.3 Å². The van der Waals surface area contributed by atoms with Crippen LogP contribution in [0, 0.1) is 17.6 Å². The third kappa shape index (κ3) is 4.03. The zero-order chi connectivity index (χ0) is 15.5. The fourth-order valence-corrected chi connectivity index (χ4v) is 2.92. The van der Waals surface area contributed by atoms with Crippen LogP contribution in [0.4, 0.5) is 8.78 Å². The van der Waals surface area contributed by atoms with Crippen LogP contribution in [0.25, 0.3) is 0 Å². The van der Waals surface area contributed by atoms with E-state index in [1.807, 2.05) is 4.90 Å². The number of amides is 1. The molecule has 0 radical (unpaired) electrons. The fraction of sp³-hybridized carbons (Fsp3) is 0.588. The lowest BCUT2D eigenvalue weighted by Crippen LogP contribution is -2.45. The normalized spacial score (nSPS) is 19.5. The Hall–Kier alpha value is -1.49. The number of nitrogens with zero attached hydrogens (tertiary/aromatic N) is 1. The van der Waals surface area contributed by atoms with Crippen molar-refractivity contribution in [3.05, 3.63) is 35.4 Å². The summed E-state index contributed by atoms with van der Waals surface area (Å²) in [5, 5.41) is 3.58. The molecule has 1 aliphatic heterocycles. The average Bonchev–Trinajstić information content (AvgIpc) is 3.34. The molecule has 0 aromatic heterocycles. The average molecular weight is 308 g/mol. The fourth-order valence-electron chi connectivity index (χ4n) is 2.92. The van der Waals surface area contributed by atoms with Crippen LogP contribution in [0.3, 0.4) is 0 Å². The molecule has 1 aromatic rings. The standard InChI is InChI=1S/C17H22F2N2O/c18-15-4-3-13(9-16(15)19)10-17(22)21-7-5-14(6-8-21)20-11-12-1-2-12/h3-4,9,12,14,20H,1-2,5-8,10-11H2. The van der Waals surface area contributed by atoms with Gasteiger partial charge in [0.05, 0.1) is 6.42 Å². The summed E-state index contributed by atoms with van der Waals surface area (Å²) in [6.07, 6.45) is 4.76. The minimum absolute atomic E-state index is 0.00773. The summed E-state index contributed by atoms with van der Waals surface area (Å²) in [5.41, 5.74) is 0.526. The van der Waals surface area contributed by atoms with Crippen molar-refractivity contribution >= 4 is 5.91 Å². The van der Waals surface area contributed by atoms with E-state index in [0.29, 0.717) is 11.6 Å². The van der Waals surface area contributed by atoms with Crippen LogP contribution in [0.5, 0.6) is 0 Å². The molecule has 5 heteroatoms. The second-order valence-electron chi connectivity index (χ2n) is 6.43. The summed E-state index contributed by atoms with van der Waals surface area (Å²) in [6, 6.07) is 4.16. The number of hydrogen-bond acceptors (Lipinski definition) is 2. The number of piperidine rings is 1. The number of carbonyl (C=O) groups excluding carboxylic acids is 1. The molecule has 120 valence electrons. The number of carbonyl (C=O) groups is 1. The number of halogens is 2. The van der Waals surface area contributed by atoms with Gasteiger partial charge in [0.15, 0.2) is 11.6 Å². The number of nitrogens with one attached hydrogen (secondary N) is 1. The lowest BCUT2D eigenvalue weighted by molar-refractivity contribution is -0.131. The summed E-state index contributed by atoms with van der Waals surface area (Å²) in [6.45, 7) is 2.59. The maximum absolute atomic E-state index is 13.2. The number of benzene rings is 1. The molecule has 0 atom stereocenters. The monoisotopic (exact) mass is 308 g/mol. The first-order valence-corrected chi connectivity index (χ1v) is 8.07. The molecule has 0 bridgehead atoms. The third-order valence-corrected chi connectivity index (χ3v) is 4.58. The van der Waals surface area contributed by atoms with E-state index in [0.717, 1.165) is 50.5 Å². The lowest BCUT2D eigenvalue weighted by Gasteiger charge is -2.32. The molecule has 1 saturated heterocycles. The van der Waals surface area contributed by atoms with Gasteiger partial charge in [0.25, 0.3) is 0 Å². The Bertz CT molecular complexity index is 537.